The van der Waals surface area contributed by atoms with E-state index in [-0.39, 0.29) is 17.3 Å². The fourth-order valence-electron chi connectivity index (χ4n) is 2.83. The summed E-state index contributed by atoms with van der Waals surface area (Å²) in [5.41, 5.74) is 0.0641. The lowest BCUT2D eigenvalue weighted by molar-refractivity contribution is 0.0940. The molecule has 116 valence electrons. The number of pyridine rings is 1. The second-order valence-corrected chi connectivity index (χ2v) is 5.83. The van der Waals surface area contributed by atoms with E-state index in [0.29, 0.717) is 24.9 Å². The Labute approximate surface area is 125 Å². The number of aromatic nitrogens is 1. The highest BCUT2D eigenvalue weighted by Gasteiger charge is 2.24. The fraction of sp³-hybridized carbons (Fsp3) is 0.625. The van der Waals surface area contributed by atoms with Gasteiger partial charge in [0, 0.05) is 19.3 Å². The zero-order valence-corrected chi connectivity index (χ0v) is 12.8. The maximum Gasteiger partial charge on any atom is 0.254 e. The molecule has 2 rings (SSSR count). The van der Waals surface area contributed by atoms with E-state index in [4.69, 9.17) is 0 Å². The minimum absolute atomic E-state index is 0.0641. The van der Waals surface area contributed by atoms with Gasteiger partial charge in [-0.25, -0.2) is 9.37 Å². The summed E-state index contributed by atoms with van der Waals surface area (Å²) >= 11 is 0. The van der Waals surface area contributed by atoms with Crippen molar-refractivity contribution in [2.24, 2.45) is 11.8 Å². The van der Waals surface area contributed by atoms with Gasteiger partial charge in [-0.1, -0.05) is 26.7 Å². The molecule has 0 spiro atoms. The molecule has 2 N–H and O–H groups in total. The molecule has 1 fully saturated rings. The van der Waals surface area contributed by atoms with Crippen LogP contribution in [0.3, 0.4) is 0 Å². The summed E-state index contributed by atoms with van der Waals surface area (Å²) in [6.45, 7) is 5.46. The quantitative estimate of drug-likeness (QED) is 0.847. The molecule has 0 aromatic carbocycles. The number of nitrogens with one attached hydrogen (secondary N) is 2. The van der Waals surface area contributed by atoms with Gasteiger partial charge in [-0.2, -0.15) is 0 Å². The molecule has 4 nitrogen and oxygen atoms in total. The third kappa shape index (κ3) is 3.93. The number of anilines is 1. The van der Waals surface area contributed by atoms with E-state index in [0.717, 1.165) is 12.8 Å². The molecule has 1 saturated carbocycles. The zero-order valence-electron chi connectivity index (χ0n) is 12.8. The Balaban J connectivity index is 1.98. The van der Waals surface area contributed by atoms with E-state index in [9.17, 15) is 9.18 Å². The number of rotatable bonds is 6. The minimum Gasteiger partial charge on any atom is -0.368 e. The van der Waals surface area contributed by atoms with Crippen molar-refractivity contribution in [1.82, 2.24) is 10.3 Å². The molecule has 0 aliphatic heterocycles. The molecule has 2 atom stereocenters. The Bertz CT molecular complexity index is 492. The van der Waals surface area contributed by atoms with Crippen LogP contribution in [0, 0.1) is 17.7 Å². The van der Waals surface area contributed by atoms with Crippen molar-refractivity contribution in [1.29, 1.82) is 0 Å². The second kappa shape index (κ2) is 7.38. The van der Waals surface area contributed by atoms with E-state index in [1.807, 2.05) is 6.92 Å². The number of hydrogen-bond donors (Lipinski definition) is 2. The van der Waals surface area contributed by atoms with Crippen molar-refractivity contribution >= 4 is 11.7 Å². The van der Waals surface area contributed by atoms with E-state index in [1.165, 1.54) is 25.1 Å². The molecular formula is C16H24FN3O. The molecule has 1 aromatic heterocycles. The smallest absolute Gasteiger partial charge is 0.254 e. The number of amides is 1. The lowest BCUT2D eigenvalue weighted by Gasteiger charge is -2.16. The average Bonchev–Trinajstić information content (AvgIpc) is 2.89. The van der Waals surface area contributed by atoms with E-state index < -0.39 is 5.82 Å². The Morgan fingerprint density at radius 2 is 2.29 bits per heavy atom. The number of hydrogen-bond acceptors (Lipinski definition) is 3. The van der Waals surface area contributed by atoms with Gasteiger partial charge in [0.1, 0.15) is 0 Å². The molecule has 2 unspecified atom stereocenters. The predicted octanol–water partition coefficient (Wildman–Crippen LogP) is 3.21. The Kier molecular flexibility index (Phi) is 5.53. The highest BCUT2D eigenvalue weighted by Crippen LogP contribution is 2.30. The third-order valence-corrected chi connectivity index (χ3v) is 4.24. The van der Waals surface area contributed by atoms with Gasteiger partial charge < -0.3 is 10.6 Å². The Morgan fingerprint density at radius 1 is 1.48 bits per heavy atom. The molecule has 1 amide bonds. The van der Waals surface area contributed by atoms with Gasteiger partial charge in [0.05, 0.1) is 5.56 Å². The summed E-state index contributed by atoms with van der Waals surface area (Å²) < 4.78 is 14.2. The number of halogens is 1. The minimum atomic E-state index is -0.567. The zero-order chi connectivity index (χ0) is 15.2. The molecule has 5 heteroatoms. The summed E-state index contributed by atoms with van der Waals surface area (Å²) in [5.74, 6) is 0.376. The molecule has 0 radical (unpaired) electrons. The summed E-state index contributed by atoms with van der Waals surface area (Å²) in [5, 5.41) is 5.76. The molecule has 1 aliphatic carbocycles. The largest absolute Gasteiger partial charge is 0.368 e. The van der Waals surface area contributed by atoms with Crippen LogP contribution < -0.4 is 10.6 Å². The lowest BCUT2D eigenvalue weighted by atomic mass is 9.98. The van der Waals surface area contributed by atoms with Crippen LogP contribution >= 0.6 is 0 Å². The van der Waals surface area contributed by atoms with Gasteiger partial charge in [0.2, 0.25) is 0 Å². The first kappa shape index (κ1) is 15.7. The topological polar surface area (TPSA) is 54.0 Å². The van der Waals surface area contributed by atoms with Crippen molar-refractivity contribution < 1.29 is 9.18 Å². The first-order valence-corrected chi connectivity index (χ1v) is 7.80. The monoisotopic (exact) mass is 293 g/mol. The van der Waals surface area contributed by atoms with Gasteiger partial charge >= 0.3 is 0 Å². The number of carbonyl (C=O) groups excluding carboxylic acids is 1. The van der Waals surface area contributed by atoms with Crippen molar-refractivity contribution in [2.45, 2.75) is 39.5 Å². The molecular weight excluding hydrogens is 269 g/mol. The second-order valence-electron chi connectivity index (χ2n) is 5.83. The van der Waals surface area contributed by atoms with Crippen LogP contribution in [0.5, 0.6) is 0 Å². The highest BCUT2D eigenvalue weighted by atomic mass is 19.1. The van der Waals surface area contributed by atoms with Crippen LogP contribution in [0.4, 0.5) is 10.2 Å². The number of carbonyl (C=O) groups is 1. The van der Waals surface area contributed by atoms with E-state index in [2.05, 4.69) is 22.5 Å². The molecule has 0 bridgehead atoms. The molecule has 1 aliphatic rings. The summed E-state index contributed by atoms with van der Waals surface area (Å²) in [7, 11) is 0. The van der Waals surface area contributed by atoms with Gasteiger partial charge in [-0.05, 0) is 30.7 Å². The highest BCUT2D eigenvalue weighted by molar-refractivity contribution is 5.95. The van der Waals surface area contributed by atoms with Crippen molar-refractivity contribution in [3.63, 3.8) is 0 Å². The van der Waals surface area contributed by atoms with Crippen LogP contribution in [0.2, 0.25) is 0 Å². The van der Waals surface area contributed by atoms with Gasteiger partial charge in [0.15, 0.2) is 11.6 Å². The maximum atomic E-state index is 14.2. The van der Waals surface area contributed by atoms with Crippen molar-refractivity contribution in [3.8, 4) is 0 Å². The standard InChI is InChI=1S/C16H24FN3O/c1-3-8-18-15-14(17)13(7-9-19-15)16(21)20-10-12-6-4-5-11(12)2/h7,9,11-12H,3-6,8,10H2,1-2H3,(H,18,19)(H,20,21). The SMILES string of the molecule is CCCNc1nccc(C(=O)NCC2CCCC2C)c1F. The van der Waals surface area contributed by atoms with Crippen LogP contribution in [-0.4, -0.2) is 24.0 Å². The van der Waals surface area contributed by atoms with E-state index >= 15 is 0 Å². The van der Waals surface area contributed by atoms with Crippen LogP contribution in [-0.2, 0) is 0 Å². The molecule has 1 heterocycles. The number of nitrogens with zero attached hydrogens (tertiary/aromatic N) is 1. The normalized spacial score (nSPS) is 21.3. The summed E-state index contributed by atoms with van der Waals surface area (Å²) in [6, 6.07) is 1.43. The molecule has 1 aromatic rings. The summed E-state index contributed by atoms with van der Waals surface area (Å²) in [6.07, 6.45) is 5.92. The van der Waals surface area contributed by atoms with Crippen molar-refractivity contribution in [3.05, 3.63) is 23.6 Å². The first-order valence-electron chi connectivity index (χ1n) is 7.80. The summed E-state index contributed by atoms with van der Waals surface area (Å²) in [4.78, 5) is 16.1. The first-order chi connectivity index (χ1) is 10.1. The van der Waals surface area contributed by atoms with Crippen LogP contribution in [0.25, 0.3) is 0 Å². The lowest BCUT2D eigenvalue weighted by Crippen LogP contribution is -2.31. The van der Waals surface area contributed by atoms with Gasteiger partial charge in [-0.3, -0.25) is 4.79 Å². The van der Waals surface area contributed by atoms with Gasteiger partial charge in [-0.15, -0.1) is 0 Å². The Morgan fingerprint density at radius 3 is 2.95 bits per heavy atom. The fourth-order valence-corrected chi connectivity index (χ4v) is 2.83. The maximum absolute atomic E-state index is 14.2. The molecule has 0 saturated heterocycles. The van der Waals surface area contributed by atoms with E-state index in [1.54, 1.807) is 0 Å². The van der Waals surface area contributed by atoms with Crippen LogP contribution in [0.1, 0.15) is 49.9 Å². The Hall–Kier alpha value is -1.65. The van der Waals surface area contributed by atoms with Crippen molar-refractivity contribution in [2.75, 3.05) is 18.4 Å². The average molecular weight is 293 g/mol. The predicted molar refractivity (Wildman–Crippen MR) is 81.8 cm³/mol. The third-order valence-electron chi connectivity index (χ3n) is 4.24. The van der Waals surface area contributed by atoms with Crippen LogP contribution in [0.15, 0.2) is 12.3 Å². The van der Waals surface area contributed by atoms with Gasteiger partial charge in [0.25, 0.3) is 5.91 Å². The molecule has 21 heavy (non-hydrogen) atoms.